The molecule has 0 saturated carbocycles. The van der Waals surface area contributed by atoms with E-state index >= 15 is 0 Å². The Hall–Kier alpha value is -8.54. The van der Waals surface area contributed by atoms with Crippen LogP contribution in [0.25, 0.3) is 77.2 Å². The van der Waals surface area contributed by atoms with Crippen molar-refractivity contribution in [2.45, 2.75) is 131 Å². The van der Waals surface area contributed by atoms with Gasteiger partial charge in [-0.3, -0.25) is 0 Å². The normalized spacial score (nSPS) is 13.6. The van der Waals surface area contributed by atoms with E-state index in [1.165, 1.54) is 82.4 Å². The lowest BCUT2D eigenvalue weighted by molar-refractivity contribution is 0.483. The molecule has 0 N–H and O–H groups in total. The summed E-state index contributed by atoms with van der Waals surface area (Å²) in [5.41, 5.74) is 24.7. The van der Waals surface area contributed by atoms with Crippen LogP contribution in [-0.4, -0.2) is 15.8 Å². The quantitative estimate of drug-likeness (QED) is 0.160. The second kappa shape index (κ2) is 19.0. The third kappa shape index (κ3) is 8.94. The van der Waals surface area contributed by atoms with Crippen LogP contribution in [0.15, 0.2) is 200 Å². The molecule has 2 aromatic heterocycles. The third-order valence-corrected chi connectivity index (χ3v) is 18.6. The van der Waals surface area contributed by atoms with Crippen molar-refractivity contribution < 1.29 is 4.74 Å². The van der Waals surface area contributed by atoms with Crippen molar-refractivity contribution in [1.29, 1.82) is 0 Å². The fraction of sp³-hybridized carbons (Fsp3) is 0.250. The van der Waals surface area contributed by atoms with Crippen molar-refractivity contribution in [2.24, 2.45) is 0 Å². The Labute approximate surface area is 503 Å². The summed E-state index contributed by atoms with van der Waals surface area (Å²) >= 11 is 0. The summed E-state index contributed by atoms with van der Waals surface area (Å²) in [6.45, 7) is 34.7. The maximum absolute atomic E-state index is 7.62. The monoisotopic (exact) mass is 1110 g/mol. The SMILES string of the molecule is CC(C)(C)c1cc2c3c(c1)N(c1c(-c4ccccc4)cccc1-c1ccccc1)c1cc(-n4c5cc(C(C)(C)C)ccc5c5ccc(C(C)(C)C)cc54)ccc1B3c1ccc(-n3c4cc(C(C)(C)C)ccc4c4ccc(C(C)(C)C)cc43)cc1O2. The zero-order valence-electron chi connectivity index (χ0n) is 52.4. The maximum Gasteiger partial charge on any atom is 0.256 e. The van der Waals surface area contributed by atoms with Crippen LogP contribution < -0.4 is 26.0 Å². The summed E-state index contributed by atoms with van der Waals surface area (Å²) in [5, 5.41) is 5.01. The average Bonchev–Trinajstić information content (AvgIpc) is 1.07. The summed E-state index contributed by atoms with van der Waals surface area (Å²) in [6, 6.07) is 76.6. The van der Waals surface area contributed by atoms with Gasteiger partial charge in [-0.1, -0.05) is 243 Å². The number of nitrogens with zero attached hydrogens (tertiary/aromatic N) is 3. The van der Waals surface area contributed by atoms with Crippen LogP contribution in [0.3, 0.4) is 0 Å². The number of aromatic nitrogens is 2. The minimum Gasteiger partial charge on any atom is -0.458 e. The van der Waals surface area contributed by atoms with Gasteiger partial charge >= 0.3 is 0 Å². The number of rotatable bonds is 5. The van der Waals surface area contributed by atoms with E-state index in [0.717, 1.165) is 67.7 Å². The Morgan fingerprint density at radius 2 is 0.718 bits per heavy atom. The van der Waals surface area contributed by atoms with Crippen LogP contribution in [0.4, 0.5) is 17.1 Å². The Bertz CT molecular complexity index is 4490. The molecule has 0 spiro atoms. The molecule has 85 heavy (non-hydrogen) atoms. The second-order valence-corrected chi connectivity index (χ2v) is 29.5. The summed E-state index contributed by atoms with van der Waals surface area (Å²) in [4.78, 5) is 2.63. The van der Waals surface area contributed by atoms with Gasteiger partial charge in [0, 0.05) is 61.5 Å². The molecule has 5 heteroatoms. The fourth-order valence-corrected chi connectivity index (χ4v) is 13.6. The van der Waals surface area contributed by atoms with Gasteiger partial charge in [0.15, 0.2) is 0 Å². The minimum absolute atomic E-state index is 0.0327. The van der Waals surface area contributed by atoms with Gasteiger partial charge in [0.2, 0.25) is 0 Å². The van der Waals surface area contributed by atoms with Crippen molar-refractivity contribution in [3.8, 4) is 45.1 Å². The van der Waals surface area contributed by atoms with E-state index < -0.39 is 0 Å². The van der Waals surface area contributed by atoms with Gasteiger partial charge in [-0.15, -0.1) is 0 Å². The Balaban J connectivity index is 1.09. The molecule has 0 aliphatic carbocycles. The van der Waals surface area contributed by atoms with E-state index in [1.807, 2.05) is 0 Å². The molecule has 422 valence electrons. The zero-order chi connectivity index (χ0) is 59.4. The molecular formula is C80H78BN3O. The highest BCUT2D eigenvalue weighted by Gasteiger charge is 2.44. The van der Waals surface area contributed by atoms with E-state index in [0.29, 0.717) is 0 Å². The van der Waals surface area contributed by atoms with Crippen molar-refractivity contribution in [1.82, 2.24) is 9.13 Å². The van der Waals surface area contributed by atoms with Gasteiger partial charge in [-0.05, 0) is 137 Å². The molecule has 0 saturated heterocycles. The lowest BCUT2D eigenvalue weighted by atomic mass is 9.34. The number of hydrogen-bond donors (Lipinski definition) is 0. The second-order valence-electron chi connectivity index (χ2n) is 29.5. The standard InChI is InChI=1S/C80H78BN3O/c1-76(2,3)51-29-35-60-61-36-30-52(77(4,5)6)42-67(61)82(66(60)41-51)56-33-39-64-70(47-56)84(75-58(49-23-18-16-19-24-49)27-22-28-59(75)50-25-20-17-21-26-50)71-45-55(80(13,14)15)46-73-74(71)81(64)65-40-34-57(48-72(65)85-73)83-68-43-53(78(7,8)9)31-37-62(68)63-38-32-54(44-69(63)83)79(10,11)12/h16-48H,1-15H3. The number of ether oxygens (including phenoxy) is 1. The summed E-state index contributed by atoms with van der Waals surface area (Å²) in [7, 11) is 0. The molecule has 14 rings (SSSR count). The van der Waals surface area contributed by atoms with Crippen molar-refractivity contribution >= 4 is 83.8 Å². The van der Waals surface area contributed by atoms with Crippen LogP contribution in [0.1, 0.15) is 132 Å². The number of anilines is 3. The van der Waals surface area contributed by atoms with Gasteiger partial charge in [0.05, 0.1) is 27.8 Å². The number of para-hydroxylation sites is 1. The highest BCUT2D eigenvalue weighted by molar-refractivity contribution is 6.99. The number of hydrogen-bond acceptors (Lipinski definition) is 2. The van der Waals surface area contributed by atoms with Crippen LogP contribution in [0.5, 0.6) is 11.5 Å². The third-order valence-electron chi connectivity index (χ3n) is 18.6. The van der Waals surface area contributed by atoms with Gasteiger partial charge in [0.25, 0.3) is 6.71 Å². The van der Waals surface area contributed by atoms with Crippen molar-refractivity contribution in [3.05, 3.63) is 228 Å². The highest BCUT2D eigenvalue weighted by atomic mass is 16.5. The minimum atomic E-state index is -0.224. The zero-order valence-corrected chi connectivity index (χ0v) is 52.4. The molecular weight excluding hydrogens is 1030 g/mol. The predicted molar refractivity (Wildman–Crippen MR) is 365 cm³/mol. The first-order valence-electron chi connectivity index (χ1n) is 30.7. The number of benzene rings is 10. The lowest BCUT2D eigenvalue weighted by Gasteiger charge is -2.42. The first kappa shape index (κ1) is 54.4. The topological polar surface area (TPSA) is 22.3 Å². The Morgan fingerprint density at radius 3 is 1.13 bits per heavy atom. The summed E-state index contributed by atoms with van der Waals surface area (Å²) in [6.07, 6.45) is 0. The molecule has 0 fully saturated rings. The average molecular weight is 1110 g/mol. The Morgan fingerprint density at radius 1 is 0.318 bits per heavy atom. The van der Waals surface area contributed by atoms with E-state index in [-0.39, 0.29) is 33.8 Å². The lowest BCUT2D eigenvalue weighted by Crippen LogP contribution is -2.59. The largest absolute Gasteiger partial charge is 0.458 e. The Kier molecular flexibility index (Phi) is 12.2. The smallest absolute Gasteiger partial charge is 0.256 e. The molecule has 10 aromatic carbocycles. The van der Waals surface area contributed by atoms with Gasteiger partial charge in [-0.25, -0.2) is 0 Å². The molecule has 2 aliphatic rings. The molecule has 12 aromatic rings. The van der Waals surface area contributed by atoms with Gasteiger partial charge in [-0.2, -0.15) is 0 Å². The molecule has 0 bridgehead atoms. The fourth-order valence-electron chi connectivity index (χ4n) is 13.6. The van der Waals surface area contributed by atoms with Gasteiger partial charge in [0.1, 0.15) is 11.5 Å². The maximum atomic E-state index is 7.62. The molecule has 2 aliphatic heterocycles. The van der Waals surface area contributed by atoms with E-state index in [9.17, 15) is 0 Å². The van der Waals surface area contributed by atoms with Crippen LogP contribution in [0, 0.1) is 0 Å². The van der Waals surface area contributed by atoms with E-state index in [1.54, 1.807) is 0 Å². The summed E-state index contributed by atoms with van der Waals surface area (Å²) in [5.74, 6) is 1.78. The molecule has 0 atom stereocenters. The van der Waals surface area contributed by atoms with E-state index in [4.69, 9.17) is 4.74 Å². The molecule has 4 nitrogen and oxygen atoms in total. The molecule has 0 amide bonds. The van der Waals surface area contributed by atoms with Crippen molar-refractivity contribution in [2.75, 3.05) is 4.90 Å². The van der Waals surface area contributed by atoms with Crippen LogP contribution >= 0.6 is 0 Å². The highest BCUT2D eigenvalue weighted by Crippen LogP contribution is 2.51. The van der Waals surface area contributed by atoms with Gasteiger partial charge < -0.3 is 18.8 Å². The summed E-state index contributed by atoms with van der Waals surface area (Å²) < 4.78 is 12.7. The van der Waals surface area contributed by atoms with E-state index in [2.05, 4.69) is 318 Å². The van der Waals surface area contributed by atoms with Crippen LogP contribution in [0.2, 0.25) is 0 Å². The molecule has 0 radical (unpaired) electrons. The van der Waals surface area contributed by atoms with Crippen LogP contribution in [-0.2, 0) is 27.1 Å². The van der Waals surface area contributed by atoms with Crippen molar-refractivity contribution in [3.63, 3.8) is 0 Å². The predicted octanol–water partition coefficient (Wildman–Crippen LogP) is 20.1. The molecule has 0 unspecified atom stereocenters. The first-order chi connectivity index (χ1) is 40.3. The first-order valence-corrected chi connectivity index (χ1v) is 30.7. The number of fused-ring (bicyclic) bond motifs is 10. The molecule has 4 heterocycles.